The van der Waals surface area contributed by atoms with Crippen molar-refractivity contribution in [3.8, 4) is 17.5 Å². The molecule has 2 heterocycles. The normalized spacial score (nSPS) is 16.6. The number of alkyl halides is 3. The maximum Gasteiger partial charge on any atom is 0.416 e. The quantitative estimate of drug-likeness (QED) is 0.652. The predicted octanol–water partition coefficient (Wildman–Crippen LogP) is 4.82. The molecule has 0 saturated carbocycles. The molecule has 146 valence electrons. The molecule has 5 nitrogen and oxygen atoms in total. The summed E-state index contributed by atoms with van der Waals surface area (Å²) in [6, 6.07) is 7.00. The highest BCUT2D eigenvalue weighted by Gasteiger charge is 2.31. The van der Waals surface area contributed by atoms with Gasteiger partial charge in [0.1, 0.15) is 5.75 Å². The summed E-state index contributed by atoms with van der Waals surface area (Å²) in [4.78, 5) is 18.0. The molecule has 1 aromatic carbocycles. The number of nitrogens with one attached hydrogen (secondary N) is 1. The Kier molecular flexibility index (Phi) is 4.62. The molecule has 0 spiro atoms. The highest BCUT2D eigenvalue weighted by molar-refractivity contribution is 7.09. The van der Waals surface area contributed by atoms with Gasteiger partial charge >= 0.3 is 11.0 Å². The third-order valence-corrected chi connectivity index (χ3v) is 5.67. The van der Waals surface area contributed by atoms with E-state index in [2.05, 4.69) is 9.97 Å². The van der Waals surface area contributed by atoms with Crippen molar-refractivity contribution >= 4 is 11.3 Å². The second-order valence-electron chi connectivity index (χ2n) is 6.52. The number of hydrogen-bond acceptors (Lipinski definition) is 5. The van der Waals surface area contributed by atoms with Gasteiger partial charge in [-0.2, -0.15) is 13.2 Å². The maximum atomic E-state index is 12.8. The molecule has 0 fully saturated rings. The van der Waals surface area contributed by atoms with E-state index >= 15 is 0 Å². The molecule has 2 N–H and O–H groups in total. The van der Waals surface area contributed by atoms with Gasteiger partial charge in [0.25, 0.3) is 0 Å². The Morgan fingerprint density at radius 2 is 2.07 bits per heavy atom. The van der Waals surface area contributed by atoms with E-state index in [-0.39, 0.29) is 22.6 Å². The van der Waals surface area contributed by atoms with E-state index in [1.54, 1.807) is 12.1 Å². The largest absolute Gasteiger partial charge is 0.494 e. The topological polar surface area (TPSA) is 75.2 Å². The van der Waals surface area contributed by atoms with Gasteiger partial charge in [-0.05, 0) is 48.6 Å². The second kappa shape index (κ2) is 6.97. The van der Waals surface area contributed by atoms with E-state index in [0.717, 1.165) is 60.1 Å². The van der Waals surface area contributed by atoms with Gasteiger partial charge in [0, 0.05) is 18.2 Å². The Balaban J connectivity index is 1.63. The van der Waals surface area contributed by atoms with E-state index in [9.17, 15) is 23.1 Å². The van der Waals surface area contributed by atoms with E-state index in [0.29, 0.717) is 10.6 Å². The first kappa shape index (κ1) is 18.5. The smallest absolute Gasteiger partial charge is 0.416 e. The number of aromatic nitrogens is 2. The lowest BCUT2D eigenvalue weighted by Gasteiger charge is -2.25. The summed E-state index contributed by atoms with van der Waals surface area (Å²) in [5.41, 5.74) is 1.12. The van der Waals surface area contributed by atoms with Gasteiger partial charge in [-0.3, -0.25) is 9.78 Å². The molecule has 0 radical (unpaired) electrons. The molecule has 1 aliphatic carbocycles. The number of ether oxygens (including phenoxy) is 1. The first-order valence-electron chi connectivity index (χ1n) is 8.57. The van der Waals surface area contributed by atoms with Crippen molar-refractivity contribution in [2.75, 3.05) is 0 Å². The fourth-order valence-electron chi connectivity index (χ4n) is 3.46. The lowest BCUT2D eigenvalue weighted by molar-refractivity contribution is -0.137. The van der Waals surface area contributed by atoms with Gasteiger partial charge in [-0.25, -0.2) is 4.98 Å². The van der Waals surface area contributed by atoms with Crippen LogP contribution in [0.5, 0.6) is 17.5 Å². The number of fused-ring (bicyclic) bond motifs is 1. The third kappa shape index (κ3) is 3.62. The SMILES string of the molecule is O=c1[nH]c(O)c([C@@H]2CCCc3cc(Oc4cc(C(F)(F)F)ccn4)ccc32)s1. The Bertz CT molecular complexity index is 1070. The molecule has 28 heavy (non-hydrogen) atoms. The van der Waals surface area contributed by atoms with Crippen LogP contribution in [0.3, 0.4) is 0 Å². The molecular weight excluding hydrogens is 393 g/mol. The average molecular weight is 408 g/mol. The van der Waals surface area contributed by atoms with Gasteiger partial charge in [0.15, 0.2) is 0 Å². The van der Waals surface area contributed by atoms with Gasteiger partial charge in [-0.15, -0.1) is 0 Å². The van der Waals surface area contributed by atoms with Crippen LogP contribution in [-0.2, 0) is 12.6 Å². The number of halogens is 3. The summed E-state index contributed by atoms with van der Waals surface area (Å²) >= 11 is 0.986. The Morgan fingerprint density at radius 1 is 1.25 bits per heavy atom. The van der Waals surface area contributed by atoms with Crippen LogP contribution in [0.1, 0.15) is 40.3 Å². The van der Waals surface area contributed by atoms with Crippen LogP contribution < -0.4 is 9.61 Å². The van der Waals surface area contributed by atoms with Gasteiger partial charge in [-0.1, -0.05) is 17.4 Å². The van der Waals surface area contributed by atoms with Crippen LogP contribution in [0.2, 0.25) is 0 Å². The Morgan fingerprint density at radius 3 is 2.79 bits per heavy atom. The number of pyridine rings is 1. The van der Waals surface area contributed by atoms with Crippen LogP contribution in [0.25, 0.3) is 0 Å². The molecule has 0 amide bonds. The summed E-state index contributed by atoms with van der Waals surface area (Å²) in [5, 5.41) is 9.98. The summed E-state index contributed by atoms with van der Waals surface area (Å²) < 4.78 is 44.1. The minimum absolute atomic E-state index is 0.103. The van der Waals surface area contributed by atoms with E-state index < -0.39 is 11.7 Å². The third-order valence-electron chi connectivity index (χ3n) is 4.69. The minimum atomic E-state index is -4.47. The molecule has 0 bridgehead atoms. The van der Waals surface area contributed by atoms with Crippen LogP contribution in [0.15, 0.2) is 41.3 Å². The molecule has 2 aromatic heterocycles. The molecule has 3 aromatic rings. The molecule has 1 atom stereocenters. The monoisotopic (exact) mass is 408 g/mol. The second-order valence-corrected chi connectivity index (χ2v) is 7.53. The number of aromatic amines is 1. The lowest BCUT2D eigenvalue weighted by atomic mass is 9.82. The Labute approximate surface area is 161 Å². The highest BCUT2D eigenvalue weighted by atomic mass is 32.1. The number of H-pyrrole nitrogens is 1. The van der Waals surface area contributed by atoms with Gasteiger partial charge in [0.05, 0.1) is 10.4 Å². The molecule has 0 unspecified atom stereocenters. The van der Waals surface area contributed by atoms with E-state index in [1.165, 1.54) is 0 Å². The van der Waals surface area contributed by atoms with E-state index in [1.807, 2.05) is 6.07 Å². The number of nitrogens with zero attached hydrogens (tertiary/aromatic N) is 1. The van der Waals surface area contributed by atoms with Crippen LogP contribution in [-0.4, -0.2) is 15.1 Å². The van der Waals surface area contributed by atoms with Crippen LogP contribution in [0.4, 0.5) is 13.2 Å². The summed E-state index contributed by atoms with van der Waals surface area (Å²) in [5.74, 6) is 0.0381. The summed E-state index contributed by atoms with van der Waals surface area (Å²) in [7, 11) is 0. The van der Waals surface area contributed by atoms with Crippen molar-refractivity contribution < 1.29 is 23.0 Å². The number of hydrogen-bond donors (Lipinski definition) is 2. The van der Waals surface area contributed by atoms with E-state index in [4.69, 9.17) is 4.74 Å². The maximum absolute atomic E-state index is 12.8. The number of aromatic hydroxyl groups is 1. The molecule has 0 saturated heterocycles. The Hall–Kier alpha value is -2.81. The predicted molar refractivity (Wildman–Crippen MR) is 97.1 cm³/mol. The van der Waals surface area contributed by atoms with Crippen molar-refractivity contribution in [1.82, 2.24) is 9.97 Å². The average Bonchev–Trinajstić information content (AvgIpc) is 2.98. The highest BCUT2D eigenvalue weighted by Crippen LogP contribution is 2.42. The standard InChI is InChI=1S/C19H15F3N2O3S/c20-19(21,22)11-6-7-23-15(9-11)27-12-4-5-13-10(8-12)2-1-3-14(13)16-17(25)24-18(26)28-16/h4-9,14,25H,1-3H2,(H,24,26)/t14-/m1/s1. The van der Waals surface area contributed by atoms with Crippen molar-refractivity contribution in [2.45, 2.75) is 31.4 Å². The molecule has 9 heteroatoms. The fraction of sp³-hybridized carbons (Fsp3) is 0.263. The number of benzene rings is 1. The van der Waals surface area contributed by atoms with Crippen molar-refractivity contribution in [1.29, 1.82) is 0 Å². The van der Waals surface area contributed by atoms with Crippen molar-refractivity contribution in [3.05, 3.63) is 67.8 Å². The zero-order chi connectivity index (χ0) is 19.9. The summed E-state index contributed by atoms with van der Waals surface area (Å²) in [6.45, 7) is 0. The van der Waals surface area contributed by atoms with Crippen molar-refractivity contribution in [2.24, 2.45) is 0 Å². The van der Waals surface area contributed by atoms with Crippen molar-refractivity contribution in [3.63, 3.8) is 0 Å². The number of rotatable bonds is 3. The van der Waals surface area contributed by atoms with Gasteiger partial charge in [0.2, 0.25) is 11.8 Å². The summed E-state index contributed by atoms with van der Waals surface area (Å²) in [6.07, 6.45) is -0.981. The van der Waals surface area contributed by atoms with Crippen LogP contribution >= 0.6 is 11.3 Å². The fourth-order valence-corrected chi connectivity index (χ4v) is 4.34. The minimum Gasteiger partial charge on any atom is -0.494 e. The van der Waals surface area contributed by atoms with Crippen LogP contribution in [0, 0.1) is 0 Å². The molecule has 4 rings (SSSR count). The molecule has 0 aliphatic heterocycles. The number of thiazole rings is 1. The van der Waals surface area contributed by atoms with Gasteiger partial charge < -0.3 is 9.84 Å². The molecule has 1 aliphatic rings. The zero-order valence-electron chi connectivity index (χ0n) is 14.4. The molecular formula is C19H15F3N2O3S. The first-order chi connectivity index (χ1) is 13.3. The first-order valence-corrected chi connectivity index (χ1v) is 9.39. The number of aryl methyl sites for hydroxylation is 1. The zero-order valence-corrected chi connectivity index (χ0v) is 15.2. The lowest BCUT2D eigenvalue weighted by Crippen LogP contribution is -2.10.